The van der Waals surface area contributed by atoms with Crippen molar-refractivity contribution in [2.45, 2.75) is 26.8 Å². The van der Waals surface area contributed by atoms with Crippen LogP contribution in [0.3, 0.4) is 0 Å². The molecule has 1 heterocycles. The van der Waals surface area contributed by atoms with Gasteiger partial charge >= 0.3 is 0 Å². The molecule has 2 aromatic rings. The molecule has 1 aromatic heterocycles. The molecule has 1 aromatic carbocycles. The Bertz CT molecular complexity index is 528. The maximum atomic E-state index is 5.58. The fraction of sp³-hybridized carbons (Fsp3) is 0.375. The summed E-state index contributed by atoms with van der Waals surface area (Å²) in [7, 11) is 2.00. The Kier molecular flexibility index (Phi) is 4.61. The lowest BCUT2D eigenvalue weighted by molar-refractivity contribution is 0.339. The number of ether oxygens (including phenoxy) is 1. The number of rotatable bonds is 5. The lowest BCUT2D eigenvalue weighted by Gasteiger charge is -2.16. The van der Waals surface area contributed by atoms with E-state index in [2.05, 4.69) is 43.4 Å². The van der Waals surface area contributed by atoms with Crippen LogP contribution < -0.4 is 10.1 Å². The largest absolute Gasteiger partial charge is 0.494 e. The SMILES string of the molecule is CCOc1cccc(C(NC)c2cc(C)c(C)s2)c1. The van der Waals surface area contributed by atoms with Gasteiger partial charge in [0.2, 0.25) is 0 Å². The van der Waals surface area contributed by atoms with Gasteiger partial charge in [-0.15, -0.1) is 11.3 Å². The molecule has 3 heteroatoms. The molecule has 1 atom stereocenters. The smallest absolute Gasteiger partial charge is 0.119 e. The van der Waals surface area contributed by atoms with Crippen molar-refractivity contribution in [3.05, 3.63) is 51.2 Å². The first-order chi connectivity index (χ1) is 9.15. The fourth-order valence-corrected chi connectivity index (χ4v) is 3.35. The van der Waals surface area contributed by atoms with Crippen LogP contribution in [0.1, 0.15) is 33.8 Å². The predicted molar refractivity (Wildman–Crippen MR) is 82.3 cm³/mol. The molecule has 0 aliphatic heterocycles. The Morgan fingerprint density at radius 3 is 2.63 bits per heavy atom. The van der Waals surface area contributed by atoms with Gasteiger partial charge in [-0.25, -0.2) is 0 Å². The molecule has 0 radical (unpaired) electrons. The van der Waals surface area contributed by atoms with Crippen molar-refractivity contribution in [2.75, 3.05) is 13.7 Å². The maximum absolute atomic E-state index is 5.58. The van der Waals surface area contributed by atoms with Crippen LogP contribution in [0.5, 0.6) is 5.75 Å². The second-order valence-electron chi connectivity index (χ2n) is 4.62. The van der Waals surface area contributed by atoms with Crippen molar-refractivity contribution in [2.24, 2.45) is 0 Å². The molecule has 0 saturated heterocycles. The highest BCUT2D eigenvalue weighted by molar-refractivity contribution is 7.12. The third-order valence-electron chi connectivity index (χ3n) is 3.26. The molecular weight excluding hydrogens is 254 g/mol. The molecule has 0 fully saturated rings. The monoisotopic (exact) mass is 275 g/mol. The lowest BCUT2D eigenvalue weighted by Crippen LogP contribution is -2.16. The van der Waals surface area contributed by atoms with Crippen LogP contribution in [0.4, 0.5) is 0 Å². The van der Waals surface area contributed by atoms with Gasteiger partial charge in [0.15, 0.2) is 0 Å². The second-order valence-corrected chi connectivity index (χ2v) is 5.90. The van der Waals surface area contributed by atoms with Gasteiger partial charge in [0.1, 0.15) is 5.75 Å². The first-order valence-electron chi connectivity index (χ1n) is 6.62. The minimum atomic E-state index is 0.234. The van der Waals surface area contributed by atoms with E-state index in [0.29, 0.717) is 6.61 Å². The Hall–Kier alpha value is -1.32. The summed E-state index contributed by atoms with van der Waals surface area (Å²) in [6, 6.07) is 10.8. The van der Waals surface area contributed by atoms with Crippen LogP contribution in [-0.2, 0) is 0 Å². The van der Waals surface area contributed by atoms with Gasteiger partial charge in [-0.1, -0.05) is 12.1 Å². The standard InChI is InChI=1S/C16H21NOS/c1-5-18-14-8-6-7-13(10-14)16(17-4)15-9-11(2)12(3)19-15/h6-10,16-17H,5H2,1-4H3. The second kappa shape index (κ2) is 6.22. The molecule has 19 heavy (non-hydrogen) atoms. The average Bonchev–Trinajstić information content (AvgIpc) is 2.71. The number of benzene rings is 1. The number of hydrogen-bond acceptors (Lipinski definition) is 3. The van der Waals surface area contributed by atoms with Crippen molar-refractivity contribution < 1.29 is 4.74 Å². The summed E-state index contributed by atoms with van der Waals surface area (Å²) in [5.74, 6) is 0.935. The van der Waals surface area contributed by atoms with Crippen molar-refractivity contribution in [1.29, 1.82) is 0 Å². The van der Waals surface area contributed by atoms with E-state index >= 15 is 0 Å². The normalized spacial score (nSPS) is 12.4. The minimum absolute atomic E-state index is 0.234. The van der Waals surface area contributed by atoms with Crippen LogP contribution in [0, 0.1) is 13.8 Å². The highest BCUT2D eigenvalue weighted by Crippen LogP contribution is 2.31. The highest BCUT2D eigenvalue weighted by Gasteiger charge is 2.15. The van der Waals surface area contributed by atoms with Crippen molar-refractivity contribution in [1.82, 2.24) is 5.32 Å². The Balaban J connectivity index is 2.33. The van der Waals surface area contributed by atoms with Gasteiger partial charge in [0.25, 0.3) is 0 Å². The molecule has 0 saturated carbocycles. The zero-order valence-corrected chi connectivity index (χ0v) is 12.8. The summed E-state index contributed by atoms with van der Waals surface area (Å²) in [6.45, 7) is 7.05. The number of aryl methyl sites for hydroxylation is 2. The summed E-state index contributed by atoms with van der Waals surface area (Å²) >= 11 is 1.86. The summed E-state index contributed by atoms with van der Waals surface area (Å²) in [5.41, 5.74) is 2.61. The predicted octanol–water partition coefficient (Wildman–Crippen LogP) is 4.07. The van der Waals surface area contributed by atoms with Crippen LogP contribution in [0.25, 0.3) is 0 Å². The van der Waals surface area contributed by atoms with Gasteiger partial charge in [0, 0.05) is 9.75 Å². The Morgan fingerprint density at radius 2 is 2.05 bits per heavy atom. The summed E-state index contributed by atoms with van der Waals surface area (Å²) in [6.07, 6.45) is 0. The topological polar surface area (TPSA) is 21.3 Å². The average molecular weight is 275 g/mol. The summed E-state index contributed by atoms with van der Waals surface area (Å²) in [5, 5.41) is 3.40. The van der Waals surface area contributed by atoms with Crippen LogP contribution in [-0.4, -0.2) is 13.7 Å². The summed E-state index contributed by atoms with van der Waals surface area (Å²) in [4.78, 5) is 2.74. The quantitative estimate of drug-likeness (QED) is 0.888. The Labute approximate surface area is 119 Å². The third-order valence-corrected chi connectivity index (χ3v) is 4.48. The zero-order valence-electron chi connectivity index (χ0n) is 12.0. The third kappa shape index (κ3) is 3.17. The molecule has 102 valence electrons. The fourth-order valence-electron chi connectivity index (χ4n) is 2.17. The van der Waals surface area contributed by atoms with E-state index in [0.717, 1.165) is 5.75 Å². The molecule has 2 rings (SSSR count). The van der Waals surface area contributed by atoms with Gasteiger partial charge < -0.3 is 10.1 Å². The van der Waals surface area contributed by atoms with E-state index in [1.807, 2.05) is 31.4 Å². The molecular formula is C16H21NOS. The molecule has 1 unspecified atom stereocenters. The molecule has 0 aliphatic carbocycles. The minimum Gasteiger partial charge on any atom is -0.494 e. The first-order valence-corrected chi connectivity index (χ1v) is 7.44. The first kappa shape index (κ1) is 14.1. The van der Waals surface area contributed by atoms with Gasteiger partial charge in [-0.05, 0) is 57.1 Å². The van der Waals surface area contributed by atoms with E-state index in [1.54, 1.807) is 0 Å². The van der Waals surface area contributed by atoms with Crippen molar-refractivity contribution >= 4 is 11.3 Å². The van der Waals surface area contributed by atoms with E-state index in [-0.39, 0.29) is 6.04 Å². The Morgan fingerprint density at radius 1 is 1.26 bits per heavy atom. The molecule has 2 nitrogen and oxygen atoms in total. The van der Waals surface area contributed by atoms with Crippen molar-refractivity contribution in [3.8, 4) is 5.75 Å². The molecule has 0 aliphatic rings. The highest BCUT2D eigenvalue weighted by atomic mass is 32.1. The molecule has 0 bridgehead atoms. The number of thiophene rings is 1. The van der Waals surface area contributed by atoms with Crippen molar-refractivity contribution in [3.63, 3.8) is 0 Å². The van der Waals surface area contributed by atoms with E-state index < -0.39 is 0 Å². The maximum Gasteiger partial charge on any atom is 0.119 e. The zero-order chi connectivity index (χ0) is 13.8. The lowest BCUT2D eigenvalue weighted by atomic mass is 10.0. The van der Waals surface area contributed by atoms with E-state index in [4.69, 9.17) is 4.74 Å². The number of nitrogens with one attached hydrogen (secondary N) is 1. The molecule has 1 N–H and O–H groups in total. The van der Waals surface area contributed by atoms with Crippen LogP contribution >= 0.6 is 11.3 Å². The van der Waals surface area contributed by atoms with Gasteiger partial charge in [-0.3, -0.25) is 0 Å². The van der Waals surface area contributed by atoms with E-state index in [1.165, 1.54) is 20.9 Å². The molecule has 0 spiro atoms. The van der Waals surface area contributed by atoms with Gasteiger partial charge in [-0.2, -0.15) is 0 Å². The van der Waals surface area contributed by atoms with Gasteiger partial charge in [0.05, 0.1) is 12.6 Å². The van der Waals surface area contributed by atoms with Crippen LogP contribution in [0.15, 0.2) is 30.3 Å². The summed E-state index contributed by atoms with van der Waals surface area (Å²) < 4.78 is 5.58. The van der Waals surface area contributed by atoms with E-state index in [9.17, 15) is 0 Å². The molecule has 0 amide bonds. The van der Waals surface area contributed by atoms with Crippen LogP contribution in [0.2, 0.25) is 0 Å². The number of hydrogen-bond donors (Lipinski definition) is 1.